The van der Waals surface area contributed by atoms with E-state index >= 15 is 0 Å². The summed E-state index contributed by atoms with van der Waals surface area (Å²) in [6.45, 7) is 1.84. The van der Waals surface area contributed by atoms with Crippen LogP contribution in [0.2, 0.25) is 0 Å². The Morgan fingerprint density at radius 2 is 2.10 bits per heavy atom. The molecule has 0 bridgehead atoms. The van der Waals surface area contributed by atoms with Gasteiger partial charge in [0.2, 0.25) is 5.91 Å². The molecule has 4 fully saturated rings. The molecule has 1 amide bonds. The predicted molar refractivity (Wildman–Crippen MR) is 76.3 cm³/mol. The van der Waals surface area contributed by atoms with E-state index in [-0.39, 0.29) is 0 Å². The molecule has 1 N–H and O–H groups in total. The summed E-state index contributed by atoms with van der Waals surface area (Å²) in [7, 11) is 1.93. The molecule has 2 saturated heterocycles. The molecule has 2 aliphatic carbocycles. The second-order valence-electron chi connectivity index (χ2n) is 7.34. The number of ether oxygens (including phenoxy) is 1. The van der Waals surface area contributed by atoms with Crippen molar-refractivity contribution in [3.63, 3.8) is 0 Å². The van der Waals surface area contributed by atoms with Crippen LogP contribution in [0.4, 0.5) is 0 Å². The second-order valence-corrected chi connectivity index (χ2v) is 7.34. The van der Waals surface area contributed by atoms with Crippen molar-refractivity contribution in [2.24, 2.45) is 11.3 Å². The summed E-state index contributed by atoms with van der Waals surface area (Å²) >= 11 is 0. The molecular formula is C16H26N2O2. The fraction of sp³-hybridized carbons (Fsp3) is 0.938. The third-order valence-corrected chi connectivity index (χ3v) is 6.33. The van der Waals surface area contributed by atoms with Gasteiger partial charge < -0.3 is 15.0 Å². The van der Waals surface area contributed by atoms with Gasteiger partial charge in [-0.3, -0.25) is 4.79 Å². The van der Waals surface area contributed by atoms with Gasteiger partial charge in [-0.25, -0.2) is 0 Å². The van der Waals surface area contributed by atoms with Crippen LogP contribution in [0.1, 0.15) is 44.9 Å². The van der Waals surface area contributed by atoms with E-state index in [9.17, 15) is 4.79 Å². The Bertz CT molecular complexity index is 405. The molecule has 0 radical (unpaired) electrons. The smallest absolute Gasteiger partial charge is 0.222 e. The van der Waals surface area contributed by atoms with Gasteiger partial charge in [-0.05, 0) is 25.7 Å². The molecule has 0 aromatic carbocycles. The zero-order valence-corrected chi connectivity index (χ0v) is 12.4. The molecule has 0 aromatic heterocycles. The van der Waals surface area contributed by atoms with E-state index in [2.05, 4.69) is 5.32 Å². The van der Waals surface area contributed by atoms with Crippen LogP contribution in [0.15, 0.2) is 0 Å². The van der Waals surface area contributed by atoms with E-state index in [4.69, 9.17) is 4.74 Å². The van der Waals surface area contributed by atoms with Gasteiger partial charge in [-0.15, -0.1) is 0 Å². The maximum absolute atomic E-state index is 11.6. The lowest BCUT2D eigenvalue weighted by atomic mass is 9.54. The van der Waals surface area contributed by atoms with E-state index in [0.717, 1.165) is 25.5 Å². The van der Waals surface area contributed by atoms with Gasteiger partial charge >= 0.3 is 0 Å². The molecule has 4 heteroatoms. The van der Waals surface area contributed by atoms with E-state index in [1.165, 1.54) is 32.1 Å². The summed E-state index contributed by atoms with van der Waals surface area (Å²) in [6, 6.07) is 1.13. The van der Waals surface area contributed by atoms with Crippen molar-refractivity contribution in [3.05, 3.63) is 0 Å². The molecule has 4 rings (SSSR count). The highest BCUT2D eigenvalue weighted by atomic mass is 16.5. The molecule has 2 heterocycles. The first-order chi connectivity index (χ1) is 9.71. The van der Waals surface area contributed by atoms with Crippen LogP contribution in [0.25, 0.3) is 0 Å². The minimum Gasteiger partial charge on any atom is -0.377 e. The van der Waals surface area contributed by atoms with E-state index in [1.807, 2.05) is 11.9 Å². The first-order valence-electron chi connectivity index (χ1n) is 8.32. The third-order valence-electron chi connectivity index (χ3n) is 6.33. The van der Waals surface area contributed by atoms with Gasteiger partial charge in [0.05, 0.1) is 6.10 Å². The van der Waals surface area contributed by atoms with E-state index in [1.54, 1.807) is 0 Å². The number of nitrogens with one attached hydrogen (secondary N) is 1. The minimum atomic E-state index is 0.300. The number of hydrogen-bond acceptors (Lipinski definition) is 3. The summed E-state index contributed by atoms with van der Waals surface area (Å²) in [5.41, 5.74) is 0.432. The van der Waals surface area contributed by atoms with Crippen LogP contribution in [0.3, 0.4) is 0 Å². The largest absolute Gasteiger partial charge is 0.377 e. The number of carbonyl (C=O) groups excluding carboxylic acids is 1. The fourth-order valence-electron chi connectivity index (χ4n) is 5.35. The molecule has 4 nitrogen and oxygen atoms in total. The number of hydrogen-bond donors (Lipinski definition) is 1. The number of fused-ring (bicyclic) bond motifs is 2. The number of likely N-dealkylation sites (tertiary alicyclic amines) is 1. The molecule has 0 unspecified atom stereocenters. The van der Waals surface area contributed by atoms with E-state index in [0.29, 0.717) is 35.9 Å². The molecule has 1 spiro atoms. The van der Waals surface area contributed by atoms with Gasteiger partial charge in [-0.1, -0.05) is 12.8 Å². The maximum Gasteiger partial charge on any atom is 0.222 e. The van der Waals surface area contributed by atoms with Crippen LogP contribution in [-0.4, -0.2) is 49.2 Å². The quantitative estimate of drug-likeness (QED) is 0.833. The number of likely N-dealkylation sites (N-methyl/N-ethyl adjacent to an activating group) is 1. The molecule has 2 aliphatic heterocycles. The number of nitrogens with zero attached hydrogens (tertiary/aromatic N) is 1. The highest BCUT2D eigenvalue weighted by Crippen LogP contribution is 2.60. The molecule has 0 aromatic rings. The molecule has 112 valence electrons. The van der Waals surface area contributed by atoms with Gasteiger partial charge in [0, 0.05) is 50.0 Å². The fourth-order valence-corrected chi connectivity index (χ4v) is 5.35. The van der Waals surface area contributed by atoms with Crippen molar-refractivity contribution in [2.75, 3.05) is 20.2 Å². The van der Waals surface area contributed by atoms with Crippen LogP contribution >= 0.6 is 0 Å². The molecule has 4 aliphatic rings. The average molecular weight is 278 g/mol. The minimum absolute atomic E-state index is 0.300. The Balaban J connectivity index is 1.46. The lowest BCUT2D eigenvalue weighted by Gasteiger charge is -2.58. The highest BCUT2D eigenvalue weighted by molar-refractivity contribution is 5.76. The molecular weight excluding hydrogens is 252 g/mol. The van der Waals surface area contributed by atoms with Crippen molar-refractivity contribution in [1.29, 1.82) is 0 Å². The predicted octanol–water partition coefficient (Wildman–Crippen LogP) is 1.54. The summed E-state index contributed by atoms with van der Waals surface area (Å²) in [6.07, 6.45) is 8.89. The van der Waals surface area contributed by atoms with Gasteiger partial charge in [0.25, 0.3) is 0 Å². The summed E-state index contributed by atoms with van der Waals surface area (Å²) < 4.78 is 6.04. The highest BCUT2D eigenvalue weighted by Gasteiger charge is 2.64. The first-order valence-corrected chi connectivity index (χ1v) is 8.32. The number of carbonyl (C=O) groups is 1. The lowest BCUT2D eigenvalue weighted by Crippen LogP contribution is -2.69. The molecule has 20 heavy (non-hydrogen) atoms. The van der Waals surface area contributed by atoms with Crippen LogP contribution in [0, 0.1) is 11.3 Å². The Morgan fingerprint density at radius 3 is 2.85 bits per heavy atom. The summed E-state index contributed by atoms with van der Waals surface area (Å²) in [5, 5.41) is 3.94. The lowest BCUT2D eigenvalue weighted by molar-refractivity contribution is -0.140. The van der Waals surface area contributed by atoms with Crippen LogP contribution in [0.5, 0.6) is 0 Å². The van der Waals surface area contributed by atoms with Gasteiger partial charge in [-0.2, -0.15) is 0 Å². The van der Waals surface area contributed by atoms with Crippen molar-refractivity contribution in [3.8, 4) is 0 Å². The summed E-state index contributed by atoms with van der Waals surface area (Å²) in [5.74, 6) is 1.03. The van der Waals surface area contributed by atoms with Crippen LogP contribution < -0.4 is 5.32 Å². The maximum atomic E-state index is 11.6. The van der Waals surface area contributed by atoms with Gasteiger partial charge in [0.15, 0.2) is 0 Å². The Kier molecular flexibility index (Phi) is 3.08. The topological polar surface area (TPSA) is 41.6 Å². The van der Waals surface area contributed by atoms with Gasteiger partial charge in [0.1, 0.15) is 0 Å². The molecule has 4 atom stereocenters. The van der Waals surface area contributed by atoms with E-state index < -0.39 is 0 Å². The Morgan fingerprint density at radius 1 is 1.30 bits per heavy atom. The normalized spacial score (nSPS) is 42.9. The monoisotopic (exact) mass is 278 g/mol. The average Bonchev–Trinajstić information content (AvgIpc) is 3.07. The zero-order chi connectivity index (χ0) is 13.7. The zero-order valence-electron chi connectivity index (χ0n) is 12.4. The van der Waals surface area contributed by atoms with Crippen molar-refractivity contribution in [2.45, 2.75) is 63.1 Å². The van der Waals surface area contributed by atoms with Crippen LogP contribution in [-0.2, 0) is 9.53 Å². The van der Waals surface area contributed by atoms with Crippen molar-refractivity contribution >= 4 is 5.91 Å². The first kappa shape index (κ1) is 13.1. The molecule has 2 saturated carbocycles. The Labute approximate surface area is 121 Å². The Hall–Kier alpha value is -0.610. The summed E-state index contributed by atoms with van der Waals surface area (Å²) in [4.78, 5) is 13.5. The number of amides is 1. The second kappa shape index (κ2) is 4.70. The third kappa shape index (κ3) is 1.77. The number of piperidine rings is 1. The standard InChI is InChI=1S/C16H26N2O2/c1-18-10-11(4-5-13(18)19)17-14-12-6-9-20-15(12)16(14)7-2-3-8-16/h11-12,14-15,17H,2-10H2,1H3/t11-,12+,14-,15+/m1/s1. The van der Waals surface area contributed by atoms with Crippen molar-refractivity contribution in [1.82, 2.24) is 10.2 Å². The van der Waals surface area contributed by atoms with Crippen molar-refractivity contribution < 1.29 is 9.53 Å². The SMILES string of the molecule is CN1C[C@H](N[C@@H]2[C@@H]3CCO[C@@H]3C23CCCC3)CCC1=O. The number of rotatable bonds is 2.